The molecule has 0 aliphatic carbocycles. The number of aromatic hydroxyl groups is 1. The van der Waals surface area contributed by atoms with Crippen LogP contribution in [-0.2, 0) is 0 Å². The summed E-state index contributed by atoms with van der Waals surface area (Å²) in [6.07, 6.45) is 0.940. The highest BCUT2D eigenvalue weighted by Gasteiger charge is 2.18. The Morgan fingerprint density at radius 2 is 2.40 bits per heavy atom. The first-order chi connectivity index (χ1) is 7.29. The first kappa shape index (κ1) is 10.5. The minimum atomic E-state index is 0.290. The third-order valence-electron chi connectivity index (χ3n) is 2.31. The van der Waals surface area contributed by atoms with Crippen molar-refractivity contribution in [3.8, 4) is 5.75 Å². The van der Waals surface area contributed by atoms with E-state index in [2.05, 4.69) is 4.99 Å². The fourth-order valence-corrected chi connectivity index (χ4v) is 2.66. The van der Waals surface area contributed by atoms with E-state index in [1.54, 1.807) is 23.9 Å². The summed E-state index contributed by atoms with van der Waals surface area (Å²) in [5, 5.41) is 10.4. The Morgan fingerprint density at radius 1 is 1.53 bits per heavy atom. The molecular formula is C11H14N2OS. The summed E-state index contributed by atoms with van der Waals surface area (Å²) in [5.41, 5.74) is 6.50. The number of phenolic OH excluding ortho intramolecular Hbond substituents is 1. The van der Waals surface area contributed by atoms with Crippen LogP contribution in [0.5, 0.6) is 5.75 Å². The Bertz CT molecular complexity index is 379. The Morgan fingerprint density at radius 3 is 3.13 bits per heavy atom. The van der Waals surface area contributed by atoms with Gasteiger partial charge in [-0.1, -0.05) is 12.1 Å². The standard InChI is InChI=1S/C11H14N2OS/c12-5-4-9-7-15-11(13-9)8-2-1-3-10(14)6-8/h1-3,6,9,14H,4-5,7,12H2. The number of nitrogens with zero attached hydrogens (tertiary/aromatic N) is 1. The molecule has 3 N–H and O–H groups in total. The molecule has 1 unspecified atom stereocenters. The van der Waals surface area contributed by atoms with E-state index in [4.69, 9.17) is 5.73 Å². The van der Waals surface area contributed by atoms with Crippen LogP contribution in [0.25, 0.3) is 0 Å². The predicted octanol–water partition coefficient (Wildman–Crippen LogP) is 1.60. The van der Waals surface area contributed by atoms with Gasteiger partial charge in [-0.15, -0.1) is 11.8 Å². The molecule has 0 amide bonds. The third kappa shape index (κ3) is 2.52. The average molecular weight is 222 g/mol. The number of hydrogen-bond donors (Lipinski definition) is 2. The molecule has 1 atom stereocenters. The van der Waals surface area contributed by atoms with E-state index < -0.39 is 0 Å². The monoisotopic (exact) mass is 222 g/mol. The molecule has 1 aromatic carbocycles. The van der Waals surface area contributed by atoms with Crippen molar-refractivity contribution in [2.24, 2.45) is 10.7 Å². The third-order valence-corrected chi connectivity index (χ3v) is 3.47. The van der Waals surface area contributed by atoms with Gasteiger partial charge in [0.15, 0.2) is 0 Å². The topological polar surface area (TPSA) is 58.6 Å². The average Bonchev–Trinajstić information content (AvgIpc) is 2.67. The highest BCUT2D eigenvalue weighted by atomic mass is 32.2. The first-order valence-corrected chi connectivity index (χ1v) is 5.98. The number of aliphatic imine (C=N–C) groups is 1. The van der Waals surface area contributed by atoms with Gasteiger partial charge in [0.25, 0.3) is 0 Å². The summed E-state index contributed by atoms with van der Waals surface area (Å²) in [7, 11) is 0. The molecule has 0 radical (unpaired) electrons. The zero-order chi connectivity index (χ0) is 10.7. The second-order valence-corrected chi connectivity index (χ2v) is 4.54. The quantitative estimate of drug-likeness (QED) is 0.816. The normalized spacial score (nSPS) is 20.3. The maximum atomic E-state index is 9.36. The van der Waals surface area contributed by atoms with Crippen molar-refractivity contribution < 1.29 is 5.11 Å². The lowest BCUT2D eigenvalue weighted by atomic mass is 10.2. The summed E-state index contributed by atoms with van der Waals surface area (Å²) in [5.74, 6) is 1.29. The Hall–Kier alpha value is -1.00. The molecule has 1 heterocycles. The van der Waals surface area contributed by atoms with Crippen molar-refractivity contribution in [2.75, 3.05) is 12.3 Å². The van der Waals surface area contributed by atoms with E-state index >= 15 is 0 Å². The van der Waals surface area contributed by atoms with Crippen LogP contribution in [0, 0.1) is 0 Å². The lowest BCUT2D eigenvalue weighted by Crippen LogP contribution is -2.11. The summed E-state index contributed by atoms with van der Waals surface area (Å²) < 4.78 is 0. The summed E-state index contributed by atoms with van der Waals surface area (Å²) in [4.78, 5) is 4.58. The largest absolute Gasteiger partial charge is 0.508 e. The molecule has 1 aliphatic heterocycles. The zero-order valence-corrected chi connectivity index (χ0v) is 9.20. The fraction of sp³-hybridized carbons (Fsp3) is 0.364. The molecule has 1 aromatic rings. The zero-order valence-electron chi connectivity index (χ0n) is 8.39. The maximum Gasteiger partial charge on any atom is 0.116 e. The number of phenols is 1. The second kappa shape index (κ2) is 4.68. The van der Waals surface area contributed by atoms with E-state index in [0.717, 1.165) is 22.8 Å². The van der Waals surface area contributed by atoms with E-state index in [9.17, 15) is 5.11 Å². The molecule has 80 valence electrons. The van der Waals surface area contributed by atoms with E-state index in [1.807, 2.05) is 12.1 Å². The van der Waals surface area contributed by atoms with Crippen molar-refractivity contribution >= 4 is 16.8 Å². The van der Waals surface area contributed by atoms with Gasteiger partial charge < -0.3 is 10.8 Å². The molecule has 0 fully saturated rings. The number of nitrogens with two attached hydrogens (primary N) is 1. The summed E-state index contributed by atoms with van der Waals surface area (Å²) >= 11 is 1.74. The van der Waals surface area contributed by atoms with Crippen molar-refractivity contribution in [3.05, 3.63) is 29.8 Å². The maximum absolute atomic E-state index is 9.36. The van der Waals surface area contributed by atoms with E-state index in [0.29, 0.717) is 12.6 Å². The SMILES string of the molecule is NCCC1CSC(c2cccc(O)c2)=N1. The molecule has 0 aromatic heterocycles. The molecule has 0 bridgehead atoms. The van der Waals surface area contributed by atoms with Gasteiger partial charge in [-0.3, -0.25) is 4.99 Å². The lowest BCUT2D eigenvalue weighted by molar-refractivity contribution is 0.475. The molecule has 4 heteroatoms. The summed E-state index contributed by atoms with van der Waals surface area (Å²) in [6, 6.07) is 7.57. The smallest absolute Gasteiger partial charge is 0.116 e. The van der Waals surface area contributed by atoms with Gasteiger partial charge in [-0.25, -0.2) is 0 Å². The van der Waals surface area contributed by atoms with Crippen molar-refractivity contribution in [3.63, 3.8) is 0 Å². The lowest BCUT2D eigenvalue weighted by Gasteiger charge is -2.00. The highest BCUT2D eigenvalue weighted by molar-refractivity contribution is 8.14. The van der Waals surface area contributed by atoms with Crippen LogP contribution >= 0.6 is 11.8 Å². The molecule has 0 saturated carbocycles. The molecule has 1 aliphatic rings. The summed E-state index contributed by atoms with van der Waals surface area (Å²) in [6.45, 7) is 0.683. The van der Waals surface area contributed by atoms with Crippen molar-refractivity contribution in [1.29, 1.82) is 0 Å². The molecule has 3 nitrogen and oxygen atoms in total. The number of hydrogen-bond acceptors (Lipinski definition) is 4. The van der Waals surface area contributed by atoms with Crippen LogP contribution < -0.4 is 5.73 Å². The van der Waals surface area contributed by atoms with Crippen LogP contribution in [0.3, 0.4) is 0 Å². The van der Waals surface area contributed by atoms with Gasteiger partial charge in [0.1, 0.15) is 5.75 Å². The minimum absolute atomic E-state index is 0.290. The van der Waals surface area contributed by atoms with Crippen LogP contribution in [0.15, 0.2) is 29.3 Å². The number of rotatable bonds is 3. The van der Waals surface area contributed by atoms with Gasteiger partial charge in [0.05, 0.1) is 11.1 Å². The Balaban J connectivity index is 2.15. The van der Waals surface area contributed by atoms with Gasteiger partial charge in [-0.05, 0) is 25.1 Å². The van der Waals surface area contributed by atoms with Crippen LogP contribution in [0.4, 0.5) is 0 Å². The fourth-order valence-electron chi connectivity index (χ4n) is 1.55. The molecule has 0 saturated heterocycles. The van der Waals surface area contributed by atoms with Crippen LogP contribution in [0.1, 0.15) is 12.0 Å². The Labute approximate surface area is 93.4 Å². The minimum Gasteiger partial charge on any atom is -0.508 e. The van der Waals surface area contributed by atoms with Crippen LogP contribution in [0.2, 0.25) is 0 Å². The second-order valence-electron chi connectivity index (χ2n) is 3.53. The predicted molar refractivity (Wildman–Crippen MR) is 64.6 cm³/mol. The number of benzene rings is 1. The Kier molecular flexibility index (Phi) is 3.28. The van der Waals surface area contributed by atoms with Crippen molar-refractivity contribution in [1.82, 2.24) is 0 Å². The molecule has 15 heavy (non-hydrogen) atoms. The van der Waals surface area contributed by atoms with Gasteiger partial charge in [-0.2, -0.15) is 0 Å². The molecule has 2 rings (SSSR count). The van der Waals surface area contributed by atoms with E-state index in [1.165, 1.54) is 0 Å². The number of thioether (sulfide) groups is 1. The van der Waals surface area contributed by atoms with Crippen LogP contribution in [-0.4, -0.2) is 28.5 Å². The van der Waals surface area contributed by atoms with E-state index in [-0.39, 0.29) is 5.75 Å². The van der Waals surface area contributed by atoms with Gasteiger partial charge in [0.2, 0.25) is 0 Å². The van der Waals surface area contributed by atoms with Gasteiger partial charge in [0, 0.05) is 11.3 Å². The molecular weight excluding hydrogens is 208 g/mol. The first-order valence-electron chi connectivity index (χ1n) is 4.99. The van der Waals surface area contributed by atoms with Gasteiger partial charge >= 0.3 is 0 Å². The van der Waals surface area contributed by atoms with Crippen molar-refractivity contribution in [2.45, 2.75) is 12.5 Å². The highest BCUT2D eigenvalue weighted by Crippen LogP contribution is 2.26. The molecule has 0 spiro atoms.